The molecule has 0 aliphatic heterocycles. The number of para-hydroxylation sites is 1. The Hall–Kier alpha value is -2.85. The molecule has 0 bridgehead atoms. The summed E-state index contributed by atoms with van der Waals surface area (Å²) in [4.78, 5) is 43.2. The molecular weight excluding hydrogens is 440 g/mol. The zero-order valence-corrected chi connectivity index (χ0v) is 19.5. The second-order valence-corrected chi connectivity index (χ2v) is 9.74. The topological polar surface area (TPSA) is 106 Å². The third kappa shape index (κ3) is 5.39. The van der Waals surface area contributed by atoms with Gasteiger partial charge in [0.15, 0.2) is 0 Å². The molecule has 2 saturated carbocycles. The number of fused-ring (bicyclic) bond motifs is 1. The van der Waals surface area contributed by atoms with E-state index in [0.717, 1.165) is 37.5 Å². The van der Waals surface area contributed by atoms with Crippen LogP contribution in [0, 0.1) is 23.2 Å². The van der Waals surface area contributed by atoms with Crippen LogP contribution in [-0.4, -0.2) is 46.6 Å². The van der Waals surface area contributed by atoms with Gasteiger partial charge < -0.3 is 15.2 Å². The van der Waals surface area contributed by atoms with Crippen molar-refractivity contribution in [2.45, 2.75) is 63.5 Å². The van der Waals surface area contributed by atoms with E-state index in [1.807, 2.05) is 12.1 Å². The zero-order valence-electron chi connectivity index (χ0n) is 18.8. The highest BCUT2D eigenvalue weighted by atomic mass is 35.5. The van der Waals surface area contributed by atoms with Crippen LogP contribution in [0.4, 0.5) is 0 Å². The van der Waals surface area contributed by atoms with Gasteiger partial charge in [-0.3, -0.25) is 14.4 Å². The summed E-state index contributed by atoms with van der Waals surface area (Å²) in [7, 11) is 1.62. The van der Waals surface area contributed by atoms with E-state index in [2.05, 4.69) is 16.4 Å². The van der Waals surface area contributed by atoms with Crippen LogP contribution in [0.15, 0.2) is 24.3 Å². The largest absolute Gasteiger partial charge is 0.349 e. The summed E-state index contributed by atoms with van der Waals surface area (Å²) in [6, 6.07) is 7.87. The molecule has 1 aromatic heterocycles. The van der Waals surface area contributed by atoms with Crippen LogP contribution in [0.1, 0.15) is 61.9 Å². The van der Waals surface area contributed by atoms with E-state index in [4.69, 9.17) is 11.6 Å². The number of halogens is 1. The number of ketones is 1. The maximum Gasteiger partial charge on any atom is 0.270 e. The average molecular weight is 469 g/mol. The molecule has 7 nitrogen and oxygen atoms in total. The van der Waals surface area contributed by atoms with Gasteiger partial charge in [0.05, 0.1) is 16.6 Å². The minimum atomic E-state index is -0.748. The van der Waals surface area contributed by atoms with Crippen molar-refractivity contribution in [2.75, 3.05) is 7.05 Å². The van der Waals surface area contributed by atoms with Crippen molar-refractivity contribution in [3.8, 4) is 6.07 Å². The van der Waals surface area contributed by atoms with E-state index in [-0.39, 0.29) is 23.5 Å². The summed E-state index contributed by atoms with van der Waals surface area (Å²) in [5.41, 5.74) is 1.04. The summed E-state index contributed by atoms with van der Waals surface area (Å²) in [6.45, 7) is 0. The molecule has 0 spiro atoms. The lowest BCUT2D eigenvalue weighted by Crippen LogP contribution is -2.51. The molecule has 4 rings (SSSR count). The highest BCUT2D eigenvalue weighted by molar-refractivity contribution is 6.35. The number of hydrogen-bond donors (Lipinski definition) is 2. The fraction of sp³-hybridized carbons (Fsp3) is 0.520. The third-order valence-corrected chi connectivity index (χ3v) is 7.17. The molecule has 33 heavy (non-hydrogen) atoms. The molecule has 2 aliphatic rings. The van der Waals surface area contributed by atoms with E-state index in [9.17, 15) is 19.6 Å². The Bertz CT molecular complexity index is 1100. The van der Waals surface area contributed by atoms with E-state index in [1.54, 1.807) is 19.2 Å². The first kappa shape index (κ1) is 23.3. The van der Waals surface area contributed by atoms with Crippen molar-refractivity contribution in [3.63, 3.8) is 0 Å². The number of amides is 2. The second kappa shape index (κ2) is 9.96. The number of nitrogens with zero attached hydrogens (tertiary/aromatic N) is 2. The van der Waals surface area contributed by atoms with Crippen molar-refractivity contribution >= 4 is 40.1 Å². The molecule has 174 valence electrons. The second-order valence-electron chi connectivity index (χ2n) is 9.33. The van der Waals surface area contributed by atoms with Crippen LogP contribution >= 0.6 is 11.6 Å². The number of H-pyrrole nitrogens is 1. The molecule has 2 N–H and O–H groups in total. The van der Waals surface area contributed by atoms with Crippen LogP contribution in [0.25, 0.3) is 10.9 Å². The van der Waals surface area contributed by atoms with Crippen LogP contribution in [0.2, 0.25) is 5.02 Å². The molecule has 0 unspecified atom stereocenters. The molecule has 2 aromatic rings. The Morgan fingerprint density at radius 1 is 1.27 bits per heavy atom. The quantitative estimate of drug-likeness (QED) is 0.604. The zero-order chi connectivity index (χ0) is 23.5. The predicted octanol–water partition coefficient (Wildman–Crippen LogP) is 4.22. The smallest absolute Gasteiger partial charge is 0.270 e. The van der Waals surface area contributed by atoms with Crippen molar-refractivity contribution < 1.29 is 14.4 Å². The van der Waals surface area contributed by atoms with Gasteiger partial charge in [0.25, 0.3) is 5.91 Å². The number of nitrogens with one attached hydrogen (secondary N) is 2. The number of carbonyl (C=O) groups excluding carboxylic acids is 3. The summed E-state index contributed by atoms with van der Waals surface area (Å²) in [5.74, 6) is -0.259. The van der Waals surface area contributed by atoms with E-state index < -0.39 is 12.1 Å². The Balaban J connectivity index is 1.48. The monoisotopic (exact) mass is 468 g/mol. The molecule has 8 heteroatoms. The van der Waals surface area contributed by atoms with Crippen molar-refractivity contribution in [1.29, 1.82) is 5.26 Å². The lowest BCUT2D eigenvalue weighted by Gasteiger charge is -2.29. The van der Waals surface area contributed by atoms with Crippen LogP contribution in [0.5, 0.6) is 0 Å². The number of carbonyl (C=O) groups is 3. The molecule has 2 aliphatic carbocycles. The first-order valence-electron chi connectivity index (χ1n) is 11.6. The standard InChI is InChI=1S/C25H29ClN4O3/c1-30(25(33)20-13-17-6-4-7-19(26)23(17)29-20)21(11-15-9-10-15)24(32)28-18(14-27)12-16-5-2-3-8-22(16)31/h4,6-7,13,15-16,18,21,29H,2-3,5,8-12H2,1H3,(H,28,32)/t16-,18-,21-/m0/s1. The van der Waals surface area contributed by atoms with Crippen LogP contribution in [-0.2, 0) is 9.59 Å². The van der Waals surface area contributed by atoms with Crippen molar-refractivity contribution in [2.24, 2.45) is 11.8 Å². The van der Waals surface area contributed by atoms with Crippen molar-refractivity contribution in [3.05, 3.63) is 35.0 Å². The van der Waals surface area contributed by atoms with Gasteiger partial charge in [-0.2, -0.15) is 5.26 Å². The fourth-order valence-corrected chi connectivity index (χ4v) is 4.91. The summed E-state index contributed by atoms with van der Waals surface area (Å²) in [5, 5.41) is 13.8. The predicted molar refractivity (Wildman–Crippen MR) is 126 cm³/mol. The van der Waals surface area contributed by atoms with Gasteiger partial charge in [-0.05, 0) is 43.7 Å². The molecule has 0 saturated heterocycles. The van der Waals surface area contributed by atoms with Gasteiger partial charge in [-0.25, -0.2) is 0 Å². The Kier molecular flexibility index (Phi) is 7.04. The van der Waals surface area contributed by atoms with Crippen LogP contribution in [0.3, 0.4) is 0 Å². The number of Topliss-reactive ketones (excluding diaryl/α,β-unsaturated/α-hetero) is 1. The average Bonchev–Trinajstić information content (AvgIpc) is 3.52. The van der Waals surface area contributed by atoms with E-state index >= 15 is 0 Å². The van der Waals surface area contributed by atoms with Gasteiger partial charge in [0.2, 0.25) is 5.91 Å². The van der Waals surface area contributed by atoms with Gasteiger partial charge in [0, 0.05) is 24.8 Å². The summed E-state index contributed by atoms with van der Waals surface area (Å²) >= 11 is 6.23. The van der Waals surface area contributed by atoms with E-state index in [0.29, 0.717) is 41.4 Å². The Morgan fingerprint density at radius 3 is 2.73 bits per heavy atom. The molecule has 3 atom stereocenters. The lowest BCUT2D eigenvalue weighted by atomic mass is 9.84. The van der Waals surface area contributed by atoms with Gasteiger partial charge in [-0.15, -0.1) is 0 Å². The third-order valence-electron chi connectivity index (χ3n) is 6.85. The number of benzene rings is 1. The SMILES string of the molecule is CN(C(=O)c1cc2cccc(Cl)c2[nH]1)[C@@H](CC1CC1)C(=O)N[C@H](C#N)C[C@@H]1CCCCC1=O. The molecule has 2 amide bonds. The first-order valence-corrected chi connectivity index (χ1v) is 12.0. The minimum absolute atomic E-state index is 0.176. The summed E-state index contributed by atoms with van der Waals surface area (Å²) < 4.78 is 0. The molecular formula is C25H29ClN4O3. The fourth-order valence-electron chi connectivity index (χ4n) is 4.68. The maximum absolute atomic E-state index is 13.3. The number of hydrogen-bond acceptors (Lipinski definition) is 4. The van der Waals surface area contributed by atoms with E-state index in [1.165, 1.54) is 4.90 Å². The van der Waals surface area contributed by atoms with Gasteiger partial charge >= 0.3 is 0 Å². The number of aromatic nitrogens is 1. The van der Waals surface area contributed by atoms with Gasteiger partial charge in [-0.1, -0.05) is 43.0 Å². The number of nitriles is 1. The highest BCUT2D eigenvalue weighted by Crippen LogP contribution is 2.35. The number of likely N-dealkylation sites (N-methyl/N-ethyl adjacent to an activating group) is 1. The Labute approximate surface area is 198 Å². The Morgan fingerprint density at radius 2 is 2.06 bits per heavy atom. The highest BCUT2D eigenvalue weighted by Gasteiger charge is 2.36. The number of aromatic amines is 1. The molecule has 2 fully saturated rings. The number of rotatable bonds is 8. The summed E-state index contributed by atoms with van der Waals surface area (Å²) in [6.07, 6.45) is 6.13. The normalized spacial score (nSPS) is 20.2. The first-order chi connectivity index (χ1) is 15.9. The molecule has 1 heterocycles. The lowest BCUT2D eigenvalue weighted by molar-refractivity contribution is -0.128. The minimum Gasteiger partial charge on any atom is -0.349 e. The molecule has 0 radical (unpaired) electrons. The molecule has 1 aromatic carbocycles. The van der Waals surface area contributed by atoms with Gasteiger partial charge in [0.1, 0.15) is 23.6 Å². The van der Waals surface area contributed by atoms with Crippen LogP contribution < -0.4 is 5.32 Å². The van der Waals surface area contributed by atoms with Crippen molar-refractivity contribution in [1.82, 2.24) is 15.2 Å². The maximum atomic E-state index is 13.3.